The molecule has 0 aliphatic rings. The zero-order chi connectivity index (χ0) is 15.8. The second-order valence-electron chi connectivity index (χ2n) is 4.32. The minimum atomic E-state index is -3.53. The highest BCUT2D eigenvalue weighted by Gasteiger charge is 2.22. The molecule has 0 fully saturated rings. The number of sulfonamides is 1. The molecule has 0 bridgehead atoms. The normalized spacial score (nSPS) is 11.4. The minimum Gasteiger partial charge on any atom is -0.469 e. The Labute approximate surface area is 120 Å². The van der Waals surface area contributed by atoms with Crippen LogP contribution in [0.25, 0.3) is 0 Å². The molecular formula is C12H24N2O5S. The van der Waals surface area contributed by atoms with E-state index in [9.17, 15) is 18.0 Å². The molecule has 0 spiro atoms. The average Bonchev–Trinajstić information content (AvgIpc) is 2.39. The van der Waals surface area contributed by atoms with Gasteiger partial charge in [0, 0.05) is 26.6 Å². The Balaban J connectivity index is 4.40. The molecule has 0 radical (unpaired) electrons. The lowest BCUT2D eigenvalue weighted by molar-refractivity contribution is -0.140. The third kappa shape index (κ3) is 6.33. The van der Waals surface area contributed by atoms with Crippen molar-refractivity contribution >= 4 is 21.9 Å². The number of hydrogen-bond acceptors (Lipinski definition) is 5. The van der Waals surface area contributed by atoms with Gasteiger partial charge >= 0.3 is 5.97 Å². The predicted octanol–water partition coefficient (Wildman–Crippen LogP) is 0.0696. The van der Waals surface area contributed by atoms with Crippen LogP contribution in [-0.4, -0.2) is 69.0 Å². The number of rotatable bonds is 9. The van der Waals surface area contributed by atoms with Gasteiger partial charge in [-0.15, -0.1) is 0 Å². The second-order valence-corrected chi connectivity index (χ2v) is 6.51. The van der Waals surface area contributed by atoms with Crippen molar-refractivity contribution in [1.29, 1.82) is 0 Å². The maximum Gasteiger partial charge on any atom is 0.305 e. The third-order valence-corrected chi connectivity index (χ3v) is 4.84. The van der Waals surface area contributed by atoms with Gasteiger partial charge in [-0.2, -0.15) is 4.31 Å². The summed E-state index contributed by atoms with van der Waals surface area (Å²) in [6, 6.07) is 0. The van der Waals surface area contributed by atoms with Crippen molar-refractivity contribution in [2.24, 2.45) is 0 Å². The maximum atomic E-state index is 11.9. The van der Waals surface area contributed by atoms with Crippen LogP contribution in [0, 0.1) is 0 Å². The quantitative estimate of drug-likeness (QED) is 0.563. The Morgan fingerprint density at radius 2 is 1.70 bits per heavy atom. The van der Waals surface area contributed by atoms with Gasteiger partial charge in [0.2, 0.25) is 15.9 Å². The van der Waals surface area contributed by atoms with Gasteiger partial charge in [0.15, 0.2) is 0 Å². The molecule has 7 nitrogen and oxygen atoms in total. The molecule has 0 aromatic rings. The van der Waals surface area contributed by atoms with Crippen LogP contribution in [0.5, 0.6) is 0 Å². The van der Waals surface area contributed by atoms with E-state index in [4.69, 9.17) is 0 Å². The molecule has 20 heavy (non-hydrogen) atoms. The summed E-state index contributed by atoms with van der Waals surface area (Å²) in [7, 11) is -0.906. The number of likely N-dealkylation sites (N-methyl/N-ethyl adjacent to an activating group) is 2. The summed E-state index contributed by atoms with van der Waals surface area (Å²) in [6.45, 7) is 4.60. The molecule has 0 rings (SSSR count). The van der Waals surface area contributed by atoms with Crippen LogP contribution >= 0.6 is 0 Å². The summed E-state index contributed by atoms with van der Waals surface area (Å²) in [5, 5.41) is 0. The molecule has 118 valence electrons. The maximum absolute atomic E-state index is 11.9. The number of esters is 1. The van der Waals surface area contributed by atoms with Crippen molar-refractivity contribution in [3.05, 3.63) is 0 Å². The molecule has 0 unspecified atom stereocenters. The number of hydrogen-bond donors (Lipinski definition) is 0. The molecule has 8 heteroatoms. The van der Waals surface area contributed by atoms with Crippen LogP contribution in [0.3, 0.4) is 0 Å². The molecule has 0 aromatic heterocycles. The van der Waals surface area contributed by atoms with Crippen LogP contribution in [0.15, 0.2) is 0 Å². The smallest absolute Gasteiger partial charge is 0.305 e. The van der Waals surface area contributed by atoms with E-state index in [0.717, 1.165) is 4.31 Å². The van der Waals surface area contributed by atoms with Crippen LogP contribution in [0.1, 0.15) is 26.7 Å². The average molecular weight is 308 g/mol. The summed E-state index contributed by atoms with van der Waals surface area (Å²) < 4.78 is 29.4. The van der Waals surface area contributed by atoms with Gasteiger partial charge in [0.1, 0.15) is 0 Å². The number of nitrogens with zero attached hydrogens (tertiary/aromatic N) is 2. The summed E-state index contributed by atoms with van der Waals surface area (Å²) >= 11 is 0. The standard InChI is InChI=1S/C12H24N2O5S/c1-5-14(6-2)11(15)10-13(3)20(17,18)9-7-8-12(16)19-4/h5-10H2,1-4H3. The first-order valence-corrected chi connectivity index (χ1v) is 8.18. The Morgan fingerprint density at radius 1 is 1.15 bits per heavy atom. The van der Waals surface area contributed by atoms with E-state index in [1.165, 1.54) is 14.2 Å². The third-order valence-electron chi connectivity index (χ3n) is 2.96. The monoisotopic (exact) mass is 308 g/mol. The van der Waals surface area contributed by atoms with Crippen LogP contribution in [-0.2, 0) is 24.3 Å². The van der Waals surface area contributed by atoms with Crippen molar-refractivity contribution in [2.75, 3.05) is 39.5 Å². The van der Waals surface area contributed by atoms with Gasteiger partial charge in [0.25, 0.3) is 0 Å². The summed E-state index contributed by atoms with van der Waals surface area (Å²) in [6.07, 6.45) is 0.229. The number of carbonyl (C=O) groups excluding carboxylic acids is 2. The molecule has 0 aromatic carbocycles. The number of carbonyl (C=O) groups is 2. The predicted molar refractivity (Wildman–Crippen MR) is 75.6 cm³/mol. The summed E-state index contributed by atoms with van der Waals surface area (Å²) in [4.78, 5) is 24.3. The molecule has 0 N–H and O–H groups in total. The molecular weight excluding hydrogens is 284 g/mol. The Morgan fingerprint density at radius 3 is 2.15 bits per heavy atom. The van der Waals surface area contributed by atoms with E-state index >= 15 is 0 Å². The first kappa shape index (κ1) is 18.9. The fraction of sp³-hybridized carbons (Fsp3) is 0.833. The summed E-state index contributed by atoms with van der Waals surface area (Å²) in [5.74, 6) is -0.847. The molecule has 0 heterocycles. The Bertz CT molecular complexity index is 418. The lowest BCUT2D eigenvalue weighted by Gasteiger charge is -2.22. The van der Waals surface area contributed by atoms with E-state index in [1.807, 2.05) is 13.8 Å². The van der Waals surface area contributed by atoms with Crippen molar-refractivity contribution in [3.8, 4) is 0 Å². The fourth-order valence-electron chi connectivity index (χ4n) is 1.62. The zero-order valence-corrected chi connectivity index (χ0v) is 13.4. The highest BCUT2D eigenvalue weighted by molar-refractivity contribution is 7.89. The first-order valence-electron chi connectivity index (χ1n) is 6.57. The second kappa shape index (κ2) is 8.91. The van der Waals surface area contributed by atoms with E-state index in [2.05, 4.69) is 4.74 Å². The number of methoxy groups -OCH3 is 1. The molecule has 1 amide bonds. The van der Waals surface area contributed by atoms with Crippen LogP contribution in [0.4, 0.5) is 0 Å². The van der Waals surface area contributed by atoms with Crippen molar-refractivity contribution in [2.45, 2.75) is 26.7 Å². The highest BCUT2D eigenvalue weighted by atomic mass is 32.2. The molecule has 0 atom stereocenters. The van der Waals surface area contributed by atoms with Crippen LogP contribution < -0.4 is 0 Å². The molecule has 0 saturated carbocycles. The number of amides is 1. The van der Waals surface area contributed by atoms with Gasteiger partial charge < -0.3 is 9.64 Å². The van der Waals surface area contributed by atoms with E-state index < -0.39 is 16.0 Å². The zero-order valence-electron chi connectivity index (χ0n) is 12.6. The molecule has 0 saturated heterocycles. The van der Waals surface area contributed by atoms with Crippen LogP contribution in [0.2, 0.25) is 0 Å². The van der Waals surface area contributed by atoms with Crippen molar-refractivity contribution < 1.29 is 22.7 Å². The van der Waals surface area contributed by atoms with Gasteiger partial charge in [-0.1, -0.05) is 0 Å². The van der Waals surface area contributed by atoms with E-state index in [0.29, 0.717) is 13.1 Å². The van der Waals surface area contributed by atoms with Crippen molar-refractivity contribution in [3.63, 3.8) is 0 Å². The van der Waals surface area contributed by atoms with E-state index in [1.54, 1.807) is 4.90 Å². The molecule has 0 aliphatic heterocycles. The largest absolute Gasteiger partial charge is 0.469 e. The SMILES string of the molecule is CCN(CC)C(=O)CN(C)S(=O)(=O)CCCC(=O)OC. The highest BCUT2D eigenvalue weighted by Crippen LogP contribution is 2.04. The Hall–Kier alpha value is -1.15. The van der Waals surface area contributed by atoms with Gasteiger partial charge in [-0.25, -0.2) is 8.42 Å². The minimum absolute atomic E-state index is 0.0492. The van der Waals surface area contributed by atoms with Gasteiger partial charge in [-0.05, 0) is 20.3 Å². The lowest BCUT2D eigenvalue weighted by Crippen LogP contribution is -2.41. The Kier molecular flexibility index (Phi) is 8.40. The number of ether oxygens (including phenoxy) is 1. The lowest BCUT2D eigenvalue weighted by atomic mass is 10.3. The topological polar surface area (TPSA) is 84.0 Å². The summed E-state index contributed by atoms with van der Waals surface area (Å²) in [5.41, 5.74) is 0. The van der Waals surface area contributed by atoms with E-state index in [-0.39, 0.29) is 31.0 Å². The molecule has 0 aliphatic carbocycles. The van der Waals surface area contributed by atoms with Gasteiger partial charge in [-0.3, -0.25) is 9.59 Å². The van der Waals surface area contributed by atoms with Crippen molar-refractivity contribution in [1.82, 2.24) is 9.21 Å². The fourth-order valence-corrected chi connectivity index (χ4v) is 2.75. The first-order chi connectivity index (χ1) is 9.28. The van der Waals surface area contributed by atoms with Gasteiger partial charge in [0.05, 0.1) is 19.4 Å².